The molecule has 1 aromatic carbocycles. The summed E-state index contributed by atoms with van der Waals surface area (Å²) >= 11 is 0. The highest BCUT2D eigenvalue weighted by Crippen LogP contribution is 2.37. The molecule has 3 aliphatic rings. The van der Waals surface area contributed by atoms with Crippen LogP contribution in [-0.4, -0.2) is 53.5 Å². The van der Waals surface area contributed by atoms with Gasteiger partial charge in [-0.15, -0.1) is 0 Å². The summed E-state index contributed by atoms with van der Waals surface area (Å²) in [5, 5.41) is 0. The van der Waals surface area contributed by atoms with E-state index in [1.807, 2.05) is 24.3 Å². The molecule has 4 rings (SSSR count). The van der Waals surface area contributed by atoms with Crippen molar-refractivity contribution >= 4 is 5.91 Å². The Morgan fingerprint density at radius 1 is 1.17 bits per heavy atom. The number of amides is 1. The summed E-state index contributed by atoms with van der Waals surface area (Å²) in [5.74, 6) is 1.02. The number of carbonyl (C=O) groups excluding carboxylic acids is 1. The third kappa shape index (κ3) is 2.53. The van der Waals surface area contributed by atoms with Gasteiger partial charge in [0.1, 0.15) is 18.3 Å². The summed E-state index contributed by atoms with van der Waals surface area (Å²) in [5.41, 5.74) is 1.06. The lowest BCUT2D eigenvalue weighted by molar-refractivity contribution is -0.133. The Balaban J connectivity index is 1.52. The number of hydrogen-bond acceptors (Lipinski definition) is 3. The van der Waals surface area contributed by atoms with Crippen molar-refractivity contribution in [3.05, 3.63) is 29.8 Å². The zero-order valence-corrected chi connectivity index (χ0v) is 14.1. The van der Waals surface area contributed by atoms with E-state index < -0.39 is 0 Å². The molecule has 4 nitrogen and oxygen atoms in total. The van der Waals surface area contributed by atoms with Gasteiger partial charge in [-0.3, -0.25) is 9.69 Å². The lowest BCUT2D eigenvalue weighted by Gasteiger charge is -2.32. The molecule has 2 saturated heterocycles. The highest BCUT2D eigenvalue weighted by Gasteiger charge is 2.41. The van der Waals surface area contributed by atoms with Crippen LogP contribution in [0.15, 0.2) is 24.3 Å². The molecule has 1 amide bonds. The standard InChI is InChI=1S/C19H26N2O2/c1-13(2)21-14-7-8-15(21)11-20(10-9-14)19(22)17-12-23-18-6-4-3-5-16(17)18/h3-6,13-15,17H,7-12H2,1-2H3/t14-,15-,17-/m1/s1. The molecule has 0 N–H and O–H groups in total. The molecule has 4 heteroatoms. The number of carbonyl (C=O) groups is 1. The lowest BCUT2D eigenvalue weighted by Crippen LogP contribution is -2.45. The van der Waals surface area contributed by atoms with Crippen molar-refractivity contribution in [3.63, 3.8) is 0 Å². The van der Waals surface area contributed by atoms with E-state index in [0.29, 0.717) is 24.7 Å². The first-order valence-electron chi connectivity index (χ1n) is 8.93. The van der Waals surface area contributed by atoms with Gasteiger partial charge in [-0.2, -0.15) is 0 Å². The van der Waals surface area contributed by atoms with Gasteiger partial charge < -0.3 is 9.64 Å². The molecule has 0 aliphatic carbocycles. The number of benzene rings is 1. The van der Waals surface area contributed by atoms with Gasteiger partial charge in [0.05, 0.1) is 0 Å². The highest BCUT2D eigenvalue weighted by atomic mass is 16.5. The SMILES string of the molecule is CC(C)N1[C@@H]2CC[C@@H]1CN(C(=O)[C@@H]1COc3ccccc31)CC2. The Morgan fingerprint density at radius 2 is 1.96 bits per heavy atom. The average Bonchev–Trinajstić information content (AvgIpc) is 3.07. The molecule has 23 heavy (non-hydrogen) atoms. The lowest BCUT2D eigenvalue weighted by atomic mass is 9.99. The van der Waals surface area contributed by atoms with Gasteiger partial charge in [0.15, 0.2) is 0 Å². The van der Waals surface area contributed by atoms with Crippen LogP contribution in [0.4, 0.5) is 0 Å². The molecule has 0 spiro atoms. The summed E-state index contributed by atoms with van der Waals surface area (Å²) < 4.78 is 5.72. The van der Waals surface area contributed by atoms with E-state index in [-0.39, 0.29) is 11.8 Å². The normalized spacial score (nSPS) is 30.2. The van der Waals surface area contributed by atoms with E-state index in [4.69, 9.17) is 4.74 Å². The first-order chi connectivity index (χ1) is 11.1. The number of hydrogen-bond donors (Lipinski definition) is 0. The molecule has 1 aromatic rings. The summed E-state index contributed by atoms with van der Waals surface area (Å²) in [6.45, 7) is 6.83. The highest BCUT2D eigenvalue weighted by molar-refractivity contribution is 5.85. The number of rotatable bonds is 2. The molecule has 3 heterocycles. The summed E-state index contributed by atoms with van der Waals surface area (Å²) in [7, 11) is 0. The van der Waals surface area contributed by atoms with Gasteiger partial charge in [-0.25, -0.2) is 0 Å². The van der Waals surface area contributed by atoms with E-state index in [1.165, 1.54) is 12.8 Å². The van der Waals surface area contributed by atoms with Crippen molar-refractivity contribution in [1.29, 1.82) is 0 Å². The van der Waals surface area contributed by atoms with Crippen molar-refractivity contribution in [3.8, 4) is 5.75 Å². The van der Waals surface area contributed by atoms with Gasteiger partial charge in [0.2, 0.25) is 5.91 Å². The average molecular weight is 314 g/mol. The predicted molar refractivity (Wildman–Crippen MR) is 89.7 cm³/mol. The summed E-state index contributed by atoms with van der Waals surface area (Å²) in [6, 6.07) is 9.73. The van der Waals surface area contributed by atoms with Gasteiger partial charge in [0.25, 0.3) is 0 Å². The zero-order chi connectivity index (χ0) is 16.0. The number of nitrogens with zero attached hydrogens (tertiary/aromatic N) is 2. The summed E-state index contributed by atoms with van der Waals surface area (Å²) in [4.78, 5) is 17.8. The molecule has 0 radical (unpaired) electrons. The second-order valence-corrected chi connectivity index (χ2v) is 7.40. The first kappa shape index (κ1) is 15.0. The second kappa shape index (κ2) is 5.82. The Bertz CT molecular complexity index is 601. The van der Waals surface area contributed by atoms with Crippen LogP contribution >= 0.6 is 0 Å². The fraction of sp³-hybridized carbons (Fsp3) is 0.632. The maximum Gasteiger partial charge on any atom is 0.233 e. The van der Waals surface area contributed by atoms with Crippen LogP contribution in [0.1, 0.15) is 44.6 Å². The number of fused-ring (bicyclic) bond motifs is 3. The predicted octanol–water partition coefficient (Wildman–Crippen LogP) is 2.64. The molecular formula is C19H26N2O2. The topological polar surface area (TPSA) is 32.8 Å². The molecule has 2 fully saturated rings. The molecule has 0 saturated carbocycles. The van der Waals surface area contributed by atoms with Crippen molar-refractivity contribution < 1.29 is 9.53 Å². The van der Waals surface area contributed by atoms with Crippen molar-refractivity contribution in [2.75, 3.05) is 19.7 Å². The number of para-hydroxylation sites is 1. The van der Waals surface area contributed by atoms with Gasteiger partial charge >= 0.3 is 0 Å². The van der Waals surface area contributed by atoms with Crippen LogP contribution in [0.5, 0.6) is 5.75 Å². The largest absolute Gasteiger partial charge is 0.492 e. The molecule has 2 bridgehead atoms. The quantitative estimate of drug-likeness (QED) is 0.841. The van der Waals surface area contributed by atoms with E-state index >= 15 is 0 Å². The minimum Gasteiger partial charge on any atom is -0.492 e. The first-order valence-corrected chi connectivity index (χ1v) is 8.93. The van der Waals surface area contributed by atoms with Gasteiger partial charge in [0, 0.05) is 36.8 Å². The van der Waals surface area contributed by atoms with E-state index in [9.17, 15) is 4.79 Å². The number of ether oxygens (including phenoxy) is 1. The smallest absolute Gasteiger partial charge is 0.233 e. The molecule has 0 unspecified atom stereocenters. The fourth-order valence-electron chi connectivity index (χ4n) is 4.74. The molecule has 124 valence electrons. The van der Waals surface area contributed by atoms with Crippen LogP contribution in [0, 0.1) is 0 Å². The summed E-state index contributed by atoms with van der Waals surface area (Å²) in [6.07, 6.45) is 3.63. The van der Waals surface area contributed by atoms with Gasteiger partial charge in [-0.05, 0) is 39.2 Å². The van der Waals surface area contributed by atoms with E-state index in [1.54, 1.807) is 0 Å². The van der Waals surface area contributed by atoms with Gasteiger partial charge in [-0.1, -0.05) is 18.2 Å². The maximum absolute atomic E-state index is 13.1. The van der Waals surface area contributed by atoms with E-state index in [0.717, 1.165) is 30.8 Å². The molecular weight excluding hydrogens is 288 g/mol. The van der Waals surface area contributed by atoms with Crippen LogP contribution in [0.2, 0.25) is 0 Å². The monoisotopic (exact) mass is 314 g/mol. The Hall–Kier alpha value is -1.55. The van der Waals surface area contributed by atoms with Crippen LogP contribution < -0.4 is 4.74 Å². The fourth-order valence-corrected chi connectivity index (χ4v) is 4.74. The number of likely N-dealkylation sites (tertiary alicyclic amines) is 1. The molecule has 3 atom stereocenters. The minimum absolute atomic E-state index is 0.115. The minimum atomic E-state index is -0.115. The van der Waals surface area contributed by atoms with Crippen molar-refractivity contribution in [1.82, 2.24) is 9.80 Å². The third-order valence-electron chi connectivity index (χ3n) is 5.75. The maximum atomic E-state index is 13.1. The molecule has 3 aliphatic heterocycles. The Kier molecular flexibility index (Phi) is 3.80. The second-order valence-electron chi connectivity index (χ2n) is 7.40. The molecule has 0 aromatic heterocycles. The van der Waals surface area contributed by atoms with Crippen molar-refractivity contribution in [2.45, 2.75) is 57.2 Å². The third-order valence-corrected chi connectivity index (χ3v) is 5.75. The Labute approximate surface area is 138 Å². The van der Waals surface area contributed by atoms with E-state index in [2.05, 4.69) is 23.6 Å². The zero-order valence-electron chi connectivity index (χ0n) is 14.1. The Morgan fingerprint density at radius 3 is 2.78 bits per heavy atom. The van der Waals surface area contributed by atoms with Crippen LogP contribution in [0.3, 0.4) is 0 Å². The van der Waals surface area contributed by atoms with Crippen LogP contribution in [-0.2, 0) is 4.79 Å². The van der Waals surface area contributed by atoms with Crippen LogP contribution in [0.25, 0.3) is 0 Å². The van der Waals surface area contributed by atoms with Crippen molar-refractivity contribution in [2.24, 2.45) is 0 Å².